The lowest BCUT2D eigenvalue weighted by molar-refractivity contribution is -0.122. The van der Waals surface area contributed by atoms with Crippen molar-refractivity contribution in [3.8, 4) is 17.0 Å². The lowest BCUT2D eigenvalue weighted by Gasteiger charge is -2.14. The number of carbonyl (C=O) groups excluding carboxylic acids is 1. The van der Waals surface area contributed by atoms with Crippen molar-refractivity contribution in [2.24, 2.45) is 0 Å². The molecule has 1 heterocycles. The summed E-state index contributed by atoms with van der Waals surface area (Å²) in [5.74, 6) is 0.0844. The Hall–Kier alpha value is -1.60. The SMILES string of the molecule is CC(Oc1ccc(Cl)cc1Cl)C(=O)Nc1nc(-c2ccc(Br)cc2)cs1. The van der Waals surface area contributed by atoms with E-state index < -0.39 is 6.10 Å². The topological polar surface area (TPSA) is 51.2 Å². The molecule has 0 saturated carbocycles. The highest BCUT2D eigenvalue weighted by Gasteiger charge is 2.18. The van der Waals surface area contributed by atoms with Crippen molar-refractivity contribution in [1.29, 1.82) is 0 Å². The number of aromatic nitrogens is 1. The smallest absolute Gasteiger partial charge is 0.266 e. The number of nitrogens with one attached hydrogen (secondary N) is 1. The summed E-state index contributed by atoms with van der Waals surface area (Å²) < 4.78 is 6.60. The molecule has 2 aromatic carbocycles. The van der Waals surface area contributed by atoms with E-state index in [4.69, 9.17) is 27.9 Å². The van der Waals surface area contributed by atoms with Crippen molar-refractivity contribution >= 4 is 61.5 Å². The fourth-order valence-electron chi connectivity index (χ4n) is 2.11. The Balaban J connectivity index is 1.65. The van der Waals surface area contributed by atoms with E-state index in [9.17, 15) is 4.79 Å². The maximum absolute atomic E-state index is 12.3. The fraction of sp³-hybridized carbons (Fsp3) is 0.111. The number of thiazole rings is 1. The van der Waals surface area contributed by atoms with Crippen molar-refractivity contribution in [2.45, 2.75) is 13.0 Å². The van der Waals surface area contributed by atoms with Crippen molar-refractivity contribution in [3.63, 3.8) is 0 Å². The summed E-state index contributed by atoms with van der Waals surface area (Å²) in [6, 6.07) is 12.6. The number of anilines is 1. The summed E-state index contributed by atoms with van der Waals surface area (Å²) in [5, 5.41) is 6.01. The van der Waals surface area contributed by atoms with E-state index in [1.165, 1.54) is 11.3 Å². The van der Waals surface area contributed by atoms with Crippen LogP contribution in [0.4, 0.5) is 5.13 Å². The summed E-state index contributed by atoms with van der Waals surface area (Å²) in [6.07, 6.45) is -0.742. The number of amides is 1. The van der Waals surface area contributed by atoms with Gasteiger partial charge in [-0.15, -0.1) is 11.3 Å². The molecule has 8 heteroatoms. The van der Waals surface area contributed by atoms with Gasteiger partial charge in [-0.25, -0.2) is 4.98 Å². The van der Waals surface area contributed by atoms with Crippen LogP contribution >= 0.6 is 50.5 Å². The molecule has 1 N–H and O–H groups in total. The number of carbonyl (C=O) groups is 1. The minimum absolute atomic E-state index is 0.312. The molecule has 1 atom stereocenters. The molecule has 3 rings (SSSR count). The minimum atomic E-state index is -0.742. The van der Waals surface area contributed by atoms with Crippen molar-refractivity contribution in [3.05, 3.63) is 62.4 Å². The highest BCUT2D eigenvalue weighted by molar-refractivity contribution is 9.10. The van der Waals surface area contributed by atoms with Crippen LogP contribution in [0, 0.1) is 0 Å². The number of halogens is 3. The van der Waals surface area contributed by atoms with E-state index in [1.807, 2.05) is 29.6 Å². The van der Waals surface area contributed by atoms with E-state index in [2.05, 4.69) is 26.2 Å². The molecule has 0 spiro atoms. The van der Waals surface area contributed by atoms with Crippen LogP contribution in [-0.4, -0.2) is 17.0 Å². The average Bonchev–Trinajstić information content (AvgIpc) is 3.06. The molecule has 26 heavy (non-hydrogen) atoms. The number of nitrogens with zero attached hydrogens (tertiary/aromatic N) is 1. The largest absolute Gasteiger partial charge is 0.479 e. The Labute approximate surface area is 173 Å². The average molecular weight is 472 g/mol. The molecular formula is C18H13BrCl2N2O2S. The molecule has 0 radical (unpaired) electrons. The van der Waals surface area contributed by atoms with Gasteiger partial charge in [-0.2, -0.15) is 0 Å². The lowest BCUT2D eigenvalue weighted by Crippen LogP contribution is -2.30. The molecular weight excluding hydrogens is 459 g/mol. The van der Waals surface area contributed by atoms with Crippen molar-refractivity contribution in [2.75, 3.05) is 5.32 Å². The second-order valence-corrected chi connectivity index (χ2v) is 7.99. The Kier molecular flexibility index (Phi) is 6.19. The van der Waals surface area contributed by atoms with Crippen LogP contribution in [0.2, 0.25) is 10.0 Å². The van der Waals surface area contributed by atoms with E-state index in [1.54, 1.807) is 25.1 Å². The minimum Gasteiger partial charge on any atom is -0.479 e. The van der Waals surface area contributed by atoms with Gasteiger partial charge >= 0.3 is 0 Å². The first-order valence-corrected chi connectivity index (χ1v) is 9.99. The van der Waals surface area contributed by atoms with Gasteiger partial charge in [-0.05, 0) is 37.3 Å². The fourth-order valence-corrected chi connectivity index (χ4v) is 3.55. The molecule has 0 bridgehead atoms. The van der Waals surface area contributed by atoms with Gasteiger partial charge in [-0.1, -0.05) is 51.3 Å². The molecule has 0 aliphatic rings. The zero-order valence-corrected chi connectivity index (χ0v) is 17.4. The highest BCUT2D eigenvalue weighted by atomic mass is 79.9. The third-order valence-corrected chi connectivity index (χ3v) is 5.26. The first-order chi connectivity index (χ1) is 12.4. The molecule has 3 aromatic rings. The van der Waals surface area contributed by atoms with Crippen LogP contribution in [0.1, 0.15) is 6.92 Å². The monoisotopic (exact) mass is 470 g/mol. The van der Waals surface area contributed by atoms with Gasteiger partial charge in [0.2, 0.25) is 0 Å². The standard InChI is InChI=1S/C18H13BrCl2N2O2S/c1-10(25-16-7-6-13(20)8-14(16)21)17(24)23-18-22-15(9-26-18)11-2-4-12(19)5-3-11/h2-10H,1H3,(H,22,23,24). The summed E-state index contributed by atoms with van der Waals surface area (Å²) in [7, 11) is 0. The Morgan fingerprint density at radius 1 is 1.23 bits per heavy atom. The first kappa shape index (κ1) is 19.2. The Morgan fingerprint density at radius 3 is 2.65 bits per heavy atom. The zero-order chi connectivity index (χ0) is 18.7. The van der Waals surface area contributed by atoms with E-state index in [-0.39, 0.29) is 5.91 Å². The number of benzene rings is 2. The molecule has 0 fully saturated rings. The maximum atomic E-state index is 12.3. The quantitative estimate of drug-likeness (QED) is 0.475. The number of ether oxygens (including phenoxy) is 1. The Morgan fingerprint density at radius 2 is 1.96 bits per heavy atom. The van der Waals surface area contributed by atoms with Crippen molar-refractivity contribution < 1.29 is 9.53 Å². The molecule has 1 unspecified atom stereocenters. The van der Waals surface area contributed by atoms with Gasteiger partial charge in [0.15, 0.2) is 11.2 Å². The Bertz CT molecular complexity index is 931. The summed E-state index contributed by atoms with van der Waals surface area (Å²) in [4.78, 5) is 16.8. The molecule has 0 aliphatic carbocycles. The normalized spacial score (nSPS) is 11.8. The number of rotatable bonds is 5. The predicted octanol–water partition coefficient (Wildman–Crippen LogP) is 6.29. The third kappa shape index (κ3) is 4.76. The van der Waals surface area contributed by atoms with Crippen LogP contribution in [-0.2, 0) is 4.79 Å². The van der Waals surface area contributed by atoms with Crippen LogP contribution in [0.5, 0.6) is 5.75 Å². The third-order valence-electron chi connectivity index (χ3n) is 3.44. The van der Waals surface area contributed by atoms with E-state index in [0.29, 0.717) is 20.9 Å². The van der Waals surface area contributed by atoms with E-state index >= 15 is 0 Å². The van der Waals surface area contributed by atoms with Crippen molar-refractivity contribution in [1.82, 2.24) is 4.98 Å². The summed E-state index contributed by atoms with van der Waals surface area (Å²) in [5.41, 5.74) is 1.77. The second-order valence-electron chi connectivity index (χ2n) is 5.37. The molecule has 1 amide bonds. The predicted molar refractivity (Wildman–Crippen MR) is 110 cm³/mol. The maximum Gasteiger partial charge on any atom is 0.266 e. The molecule has 134 valence electrons. The van der Waals surface area contributed by atoms with Gasteiger partial charge in [-0.3, -0.25) is 10.1 Å². The van der Waals surface area contributed by atoms with Gasteiger partial charge in [0.25, 0.3) is 5.91 Å². The second kappa shape index (κ2) is 8.39. The zero-order valence-electron chi connectivity index (χ0n) is 13.5. The van der Waals surface area contributed by atoms with Gasteiger partial charge in [0, 0.05) is 20.4 Å². The highest BCUT2D eigenvalue weighted by Crippen LogP contribution is 2.29. The summed E-state index contributed by atoms with van der Waals surface area (Å²) >= 11 is 16.7. The molecule has 0 aliphatic heterocycles. The van der Waals surface area contributed by atoms with Gasteiger partial charge < -0.3 is 4.74 Å². The lowest BCUT2D eigenvalue weighted by atomic mass is 10.2. The number of hydrogen-bond acceptors (Lipinski definition) is 4. The first-order valence-electron chi connectivity index (χ1n) is 7.56. The van der Waals surface area contributed by atoms with Gasteiger partial charge in [0.1, 0.15) is 5.75 Å². The molecule has 0 saturated heterocycles. The van der Waals surface area contributed by atoms with Crippen LogP contribution < -0.4 is 10.1 Å². The molecule has 4 nitrogen and oxygen atoms in total. The van der Waals surface area contributed by atoms with Crippen LogP contribution in [0.15, 0.2) is 52.3 Å². The molecule has 1 aromatic heterocycles. The van der Waals surface area contributed by atoms with E-state index in [0.717, 1.165) is 15.7 Å². The van der Waals surface area contributed by atoms with Crippen LogP contribution in [0.25, 0.3) is 11.3 Å². The summed E-state index contributed by atoms with van der Waals surface area (Å²) in [6.45, 7) is 1.64. The van der Waals surface area contributed by atoms with Crippen LogP contribution in [0.3, 0.4) is 0 Å². The van der Waals surface area contributed by atoms with Gasteiger partial charge in [0.05, 0.1) is 10.7 Å². The number of hydrogen-bond donors (Lipinski definition) is 1.